The minimum atomic E-state index is -3.76. The lowest BCUT2D eigenvalue weighted by Gasteiger charge is -2.34. The summed E-state index contributed by atoms with van der Waals surface area (Å²) in [6.07, 6.45) is 0.939. The minimum Gasteiger partial charge on any atom is -0.480 e. The van der Waals surface area contributed by atoms with Crippen molar-refractivity contribution in [3.63, 3.8) is 0 Å². The highest BCUT2D eigenvalue weighted by Crippen LogP contribution is 2.25. The third-order valence-corrected chi connectivity index (χ3v) is 4.35. The Balaban J connectivity index is 2.94. The SMILES string of the molecule is CC1CCN(S(=O)(=O)CC#N)C(C(=O)O)C1. The molecule has 6 nitrogen and oxygen atoms in total. The summed E-state index contributed by atoms with van der Waals surface area (Å²) in [4.78, 5) is 11.0. The van der Waals surface area contributed by atoms with E-state index in [1.54, 1.807) is 6.07 Å². The second-order valence-corrected chi connectivity index (χ2v) is 5.93. The molecule has 1 saturated heterocycles. The molecule has 0 aromatic carbocycles. The fraction of sp³-hybridized carbons (Fsp3) is 0.778. The predicted octanol–water partition coefficient (Wildman–Crippen LogP) is 0.0249. The first kappa shape index (κ1) is 12.9. The van der Waals surface area contributed by atoms with E-state index < -0.39 is 27.8 Å². The molecule has 90 valence electrons. The van der Waals surface area contributed by atoms with E-state index in [9.17, 15) is 13.2 Å². The Kier molecular flexibility index (Phi) is 3.88. The Morgan fingerprint density at radius 1 is 1.62 bits per heavy atom. The summed E-state index contributed by atoms with van der Waals surface area (Å²) in [7, 11) is -3.76. The van der Waals surface area contributed by atoms with Crippen molar-refractivity contribution in [2.75, 3.05) is 12.3 Å². The molecule has 1 aliphatic rings. The van der Waals surface area contributed by atoms with Gasteiger partial charge in [-0.25, -0.2) is 8.42 Å². The summed E-state index contributed by atoms with van der Waals surface area (Å²) < 4.78 is 24.2. The Morgan fingerprint density at radius 2 is 2.25 bits per heavy atom. The minimum absolute atomic E-state index is 0.183. The fourth-order valence-corrected chi connectivity index (χ4v) is 3.12. The van der Waals surface area contributed by atoms with E-state index in [4.69, 9.17) is 10.4 Å². The highest BCUT2D eigenvalue weighted by molar-refractivity contribution is 7.89. The van der Waals surface area contributed by atoms with Crippen LogP contribution >= 0.6 is 0 Å². The van der Waals surface area contributed by atoms with Gasteiger partial charge < -0.3 is 5.11 Å². The van der Waals surface area contributed by atoms with Crippen molar-refractivity contribution in [2.45, 2.75) is 25.8 Å². The Labute approximate surface area is 94.5 Å². The van der Waals surface area contributed by atoms with Crippen LogP contribution < -0.4 is 0 Å². The molecule has 1 rings (SSSR count). The van der Waals surface area contributed by atoms with Crippen LogP contribution in [0.3, 0.4) is 0 Å². The monoisotopic (exact) mass is 246 g/mol. The Bertz CT molecular complexity index is 412. The van der Waals surface area contributed by atoms with Gasteiger partial charge in [-0.15, -0.1) is 0 Å². The van der Waals surface area contributed by atoms with Crippen LogP contribution in [0, 0.1) is 17.2 Å². The van der Waals surface area contributed by atoms with Crippen LogP contribution in [0.15, 0.2) is 0 Å². The quantitative estimate of drug-likeness (QED) is 0.757. The molecule has 0 aromatic rings. The van der Waals surface area contributed by atoms with Gasteiger partial charge in [-0.1, -0.05) is 6.92 Å². The van der Waals surface area contributed by atoms with Gasteiger partial charge in [0.1, 0.15) is 6.04 Å². The van der Waals surface area contributed by atoms with Gasteiger partial charge in [0.15, 0.2) is 5.75 Å². The zero-order valence-corrected chi connectivity index (χ0v) is 9.77. The van der Waals surface area contributed by atoms with Crippen LogP contribution in [0.4, 0.5) is 0 Å². The first-order chi connectivity index (χ1) is 7.38. The maximum Gasteiger partial charge on any atom is 0.322 e. The van der Waals surface area contributed by atoms with Gasteiger partial charge in [0, 0.05) is 6.54 Å². The zero-order chi connectivity index (χ0) is 12.3. The molecule has 1 fully saturated rings. The van der Waals surface area contributed by atoms with E-state index in [0.717, 1.165) is 4.31 Å². The Hall–Kier alpha value is -1.13. The van der Waals surface area contributed by atoms with E-state index >= 15 is 0 Å². The summed E-state index contributed by atoms with van der Waals surface area (Å²) in [5.74, 6) is -1.62. The molecule has 0 aromatic heterocycles. The second kappa shape index (κ2) is 4.80. The standard InChI is InChI=1S/C9H14N2O4S/c1-7-2-4-11(8(6-7)9(12)13)16(14,15)5-3-10/h7-8H,2,4-6H2,1H3,(H,12,13). The molecule has 2 atom stereocenters. The van der Waals surface area contributed by atoms with Crippen molar-refractivity contribution in [3.8, 4) is 6.07 Å². The highest BCUT2D eigenvalue weighted by atomic mass is 32.2. The molecule has 1 heterocycles. The molecule has 2 unspecified atom stereocenters. The number of aliphatic carboxylic acids is 1. The molecule has 0 radical (unpaired) electrons. The van der Waals surface area contributed by atoms with Crippen LogP contribution in [0.25, 0.3) is 0 Å². The van der Waals surface area contributed by atoms with Crippen LogP contribution in [0.1, 0.15) is 19.8 Å². The summed E-state index contributed by atoms with van der Waals surface area (Å²) in [6.45, 7) is 2.08. The van der Waals surface area contributed by atoms with Crippen molar-refractivity contribution in [3.05, 3.63) is 0 Å². The molecule has 16 heavy (non-hydrogen) atoms. The molecule has 7 heteroatoms. The lowest BCUT2D eigenvalue weighted by molar-refractivity contribution is -0.142. The summed E-state index contributed by atoms with van der Waals surface area (Å²) >= 11 is 0. The van der Waals surface area contributed by atoms with E-state index in [-0.39, 0.29) is 12.5 Å². The van der Waals surface area contributed by atoms with Gasteiger partial charge >= 0.3 is 5.97 Å². The van der Waals surface area contributed by atoms with Crippen molar-refractivity contribution in [1.82, 2.24) is 4.31 Å². The predicted molar refractivity (Wildman–Crippen MR) is 55.9 cm³/mol. The van der Waals surface area contributed by atoms with E-state index in [1.165, 1.54) is 0 Å². The molecule has 0 amide bonds. The average Bonchev–Trinajstić information content (AvgIpc) is 2.16. The number of nitrogens with zero attached hydrogens (tertiary/aromatic N) is 2. The molecule has 0 aliphatic carbocycles. The van der Waals surface area contributed by atoms with Gasteiger partial charge in [-0.2, -0.15) is 9.57 Å². The van der Waals surface area contributed by atoms with Crippen molar-refractivity contribution < 1.29 is 18.3 Å². The smallest absolute Gasteiger partial charge is 0.322 e. The molecule has 0 spiro atoms. The van der Waals surface area contributed by atoms with Crippen molar-refractivity contribution >= 4 is 16.0 Å². The summed E-state index contributed by atoms with van der Waals surface area (Å²) in [5.41, 5.74) is 0. The maximum atomic E-state index is 11.6. The lowest BCUT2D eigenvalue weighted by Crippen LogP contribution is -2.50. The number of piperidine rings is 1. The number of rotatable bonds is 3. The number of nitriles is 1. The number of carboxylic acids is 1. The molecule has 1 aliphatic heterocycles. The largest absolute Gasteiger partial charge is 0.480 e. The number of carbonyl (C=O) groups is 1. The zero-order valence-electron chi connectivity index (χ0n) is 8.96. The van der Waals surface area contributed by atoms with Crippen LogP contribution in [-0.4, -0.2) is 42.1 Å². The van der Waals surface area contributed by atoms with Gasteiger partial charge in [-0.3, -0.25) is 4.79 Å². The van der Waals surface area contributed by atoms with Crippen molar-refractivity contribution in [2.24, 2.45) is 5.92 Å². The topological polar surface area (TPSA) is 98.5 Å². The van der Waals surface area contributed by atoms with Crippen LogP contribution in [0.2, 0.25) is 0 Å². The third-order valence-electron chi connectivity index (χ3n) is 2.70. The van der Waals surface area contributed by atoms with Gasteiger partial charge in [0.2, 0.25) is 10.0 Å². The molecular formula is C9H14N2O4S. The molecule has 0 bridgehead atoms. The first-order valence-electron chi connectivity index (χ1n) is 4.97. The Morgan fingerprint density at radius 3 is 2.75 bits per heavy atom. The van der Waals surface area contributed by atoms with Crippen LogP contribution in [-0.2, 0) is 14.8 Å². The van der Waals surface area contributed by atoms with E-state index in [0.29, 0.717) is 12.8 Å². The number of carboxylic acid groups (broad SMARTS) is 1. The highest BCUT2D eigenvalue weighted by Gasteiger charge is 2.38. The molecular weight excluding hydrogens is 232 g/mol. The lowest BCUT2D eigenvalue weighted by atomic mass is 9.94. The first-order valence-corrected chi connectivity index (χ1v) is 6.58. The summed E-state index contributed by atoms with van der Waals surface area (Å²) in [5, 5.41) is 17.4. The number of hydrogen-bond donors (Lipinski definition) is 1. The average molecular weight is 246 g/mol. The molecule has 0 saturated carbocycles. The van der Waals surface area contributed by atoms with Gasteiger partial charge in [-0.05, 0) is 18.8 Å². The second-order valence-electron chi connectivity index (χ2n) is 4.01. The number of hydrogen-bond acceptors (Lipinski definition) is 4. The normalized spacial score (nSPS) is 27.2. The van der Waals surface area contributed by atoms with Crippen molar-refractivity contribution in [1.29, 1.82) is 5.26 Å². The van der Waals surface area contributed by atoms with Gasteiger partial charge in [0.25, 0.3) is 0 Å². The van der Waals surface area contributed by atoms with E-state index in [2.05, 4.69) is 0 Å². The third kappa shape index (κ3) is 2.71. The summed E-state index contributed by atoms with van der Waals surface area (Å²) in [6, 6.07) is 0.528. The number of sulfonamides is 1. The van der Waals surface area contributed by atoms with E-state index in [1.807, 2.05) is 6.92 Å². The fourth-order valence-electron chi connectivity index (χ4n) is 1.84. The maximum absolute atomic E-state index is 11.6. The van der Waals surface area contributed by atoms with Crippen LogP contribution in [0.5, 0.6) is 0 Å². The molecule has 1 N–H and O–H groups in total. The van der Waals surface area contributed by atoms with Gasteiger partial charge in [0.05, 0.1) is 6.07 Å².